The summed E-state index contributed by atoms with van der Waals surface area (Å²) in [6.07, 6.45) is 2.48. The Labute approximate surface area is 113 Å². The number of benzene rings is 1. The summed E-state index contributed by atoms with van der Waals surface area (Å²) in [6.45, 7) is 4.66. The van der Waals surface area contributed by atoms with Crippen LogP contribution >= 0.6 is 0 Å². The summed E-state index contributed by atoms with van der Waals surface area (Å²) >= 11 is 0. The van der Waals surface area contributed by atoms with Crippen molar-refractivity contribution in [1.82, 2.24) is 10.6 Å². The standard InChI is InChI=1S/C14H20N4O/c1-2-9-16-13(19)11-18-14(15)17-10-8-12-6-4-3-5-7-12/h2-7H,1,8-11H2,(H,16,19)(H3,15,17,18). The van der Waals surface area contributed by atoms with E-state index in [0.717, 1.165) is 6.42 Å². The molecule has 0 saturated carbocycles. The Balaban J connectivity index is 2.21. The molecule has 0 aromatic heterocycles. The Morgan fingerprint density at radius 2 is 2.05 bits per heavy atom. The van der Waals surface area contributed by atoms with Gasteiger partial charge in [-0.2, -0.15) is 0 Å². The molecule has 0 aliphatic heterocycles. The van der Waals surface area contributed by atoms with Gasteiger partial charge < -0.3 is 16.4 Å². The number of hydrogen-bond acceptors (Lipinski definition) is 2. The third kappa shape index (κ3) is 6.88. The molecule has 5 nitrogen and oxygen atoms in total. The van der Waals surface area contributed by atoms with Gasteiger partial charge in [0.1, 0.15) is 6.54 Å². The van der Waals surface area contributed by atoms with Gasteiger partial charge in [-0.3, -0.25) is 4.79 Å². The van der Waals surface area contributed by atoms with Crippen molar-refractivity contribution in [3.8, 4) is 0 Å². The molecule has 0 spiro atoms. The van der Waals surface area contributed by atoms with E-state index >= 15 is 0 Å². The summed E-state index contributed by atoms with van der Waals surface area (Å²) in [7, 11) is 0. The Kier molecular flexibility index (Phi) is 6.79. The van der Waals surface area contributed by atoms with Gasteiger partial charge in [0, 0.05) is 13.1 Å². The Bertz CT molecular complexity index is 428. The number of nitrogens with two attached hydrogens (primary N) is 1. The molecule has 0 fully saturated rings. The monoisotopic (exact) mass is 260 g/mol. The maximum Gasteiger partial charge on any atom is 0.242 e. The van der Waals surface area contributed by atoms with Crippen molar-refractivity contribution in [1.29, 1.82) is 0 Å². The minimum atomic E-state index is -0.173. The molecule has 1 aromatic carbocycles. The molecule has 4 N–H and O–H groups in total. The molecule has 0 unspecified atom stereocenters. The number of guanidine groups is 1. The van der Waals surface area contributed by atoms with E-state index in [0.29, 0.717) is 13.1 Å². The highest BCUT2D eigenvalue weighted by molar-refractivity contribution is 5.83. The number of amides is 1. The lowest BCUT2D eigenvalue weighted by atomic mass is 10.1. The van der Waals surface area contributed by atoms with Gasteiger partial charge in [-0.15, -0.1) is 6.58 Å². The number of nitrogens with one attached hydrogen (secondary N) is 2. The van der Waals surface area contributed by atoms with E-state index in [-0.39, 0.29) is 18.4 Å². The average Bonchev–Trinajstić information content (AvgIpc) is 2.44. The molecule has 0 saturated heterocycles. The lowest BCUT2D eigenvalue weighted by Gasteiger charge is -2.05. The van der Waals surface area contributed by atoms with Crippen LogP contribution in [0.2, 0.25) is 0 Å². The Morgan fingerprint density at radius 3 is 2.74 bits per heavy atom. The van der Waals surface area contributed by atoms with Crippen LogP contribution in [0.3, 0.4) is 0 Å². The largest absolute Gasteiger partial charge is 0.370 e. The zero-order valence-electron chi connectivity index (χ0n) is 10.9. The Morgan fingerprint density at radius 1 is 1.32 bits per heavy atom. The van der Waals surface area contributed by atoms with Crippen LogP contribution in [-0.2, 0) is 11.2 Å². The number of rotatable bonds is 7. The van der Waals surface area contributed by atoms with Gasteiger partial charge in [0.15, 0.2) is 5.96 Å². The van der Waals surface area contributed by atoms with Crippen LogP contribution in [0.25, 0.3) is 0 Å². The maximum absolute atomic E-state index is 11.3. The highest BCUT2D eigenvalue weighted by atomic mass is 16.1. The number of carbonyl (C=O) groups is 1. The summed E-state index contributed by atoms with van der Waals surface area (Å²) in [5.74, 6) is 0.109. The van der Waals surface area contributed by atoms with E-state index in [4.69, 9.17) is 5.73 Å². The van der Waals surface area contributed by atoms with E-state index in [1.165, 1.54) is 5.56 Å². The predicted molar refractivity (Wildman–Crippen MR) is 77.8 cm³/mol. The first-order valence-corrected chi connectivity index (χ1v) is 6.17. The van der Waals surface area contributed by atoms with Crippen LogP contribution in [-0.4, -0.2) is 31.5 Å². The van der Waals surface area contributed by atoms with Crippen LogP contribution in [0.1, 0.15) is 5.56 Å². The molecule has 1 aromatic rings. The molecule has 5 heteroatoms. The van der Waals surface area contributed by atoms with Crippen LogP contribution in [0.15, 0.2) is 48.0 Å². The van der Waals surface area contributed by atoms with Gasteiger partial charge in [-0.1, -0.05) is 36.4 Å². The van der Waals surface area contributed by atoms with Crippen molar-refractivity contribution in [3.05, 3.63) is 48.6 Å². The number of hydrogen-bond donors (Lipinski definition) is 3. The van der Waals surface area contributed by atoms with Crippen molar-refractivity contribution in [2.45, 2.75) is 6.42 Å². The number of aliphatic imine (C=N–C) groups is 1. The average molecular weight is 260 g/mol. The van der Waals surface area contributed by atoms with Crippen molar-refractivity contribution in [2.24, 2.45) is 10.7 Å². The van der Waals surface area contributed by atoms with E-state index < -0.39 is 0 Å². The van der Waals surface area contributed by atoms with Crippen LogP contribution in [0.5, 0.6) is 0 Å². The first kappa shape index (κ1) is 14.8. The molecule has 0 atom stereocenters. The summed E-state index contributed by atoms with van der Waals surface area (Å²) < 4.78 is 0. The second-order valence-electron chi connectivity index (χ2n) is 3.96. The normalized spacial score (nSPS) is 10.8. The Hall–Kier alpha value is -2.30. The van der Waals surface area contributed by atoms with Gasteiger partial charge in [-0.25, -0.2) is 4.99 Å². The summed E-state index contributed by atoms with van der Waals surface area (Å²) in [4.78, 5) is 15.2. The van der Waals surface area contributed by atoms with Gasteiger partial charge >= 0.3 is 0 Å². The summed E-state index contributed by atoms with van der Waals surface area (Å²) in [5.41, 5.74) is 6.88. The quantitative estimate of drug-likeness (QED) is 0.378. The molecule has 0 radical (unpaired) electrons. The van der Waals surface area contributed by atoms with Crippen molar-refractivity contribution < 1.29 is 4.79 Å². The van der Waals surface area contributed by atoms with Crippen LogP contribution in [0.4, 0.5) is 0 Å². The third-order valence-corrected chi connectivity index (χ3v) is 2.40. The fraction of sp³-hybridized carbons (Fsp3) is 0.286. The van der Waals surface area contributed by atoms with Gasteiger partial charge in [0.2, 0.25) is 5.91 Å². The van der Waals surface area contributed by atoms with Crippen LogP contribution < -0.4 is 16.4 Å². The van der Waals surface area contributed by atoms with Gasteiger partial charge in [0.25, 0.3) is 0 Å². The fourth-order valence-electron chi connectivity index (χ4n) is 1.43. The minimum absolute atomic E-state index is 0.0258. The molecular formula is C14H20N4O. The predicted octanol–water partition coefficient (Wildman–Crippen LogP) is 0.436. The highest BCUT2D eigenvalue weighted by Crippen LogP contribution is 1.97. The molecular weight excluding hydrogens is 240 g/mol. The van der Waals surface area contributed by atoms with E-state index in [9.17, 15) is 4.79 Å². The van der Waals surface area contributed by atoms with Crippen molar-refractivity contribution in [2.75, 3.05) is 19.6 Å². The molecule has 0 heterocycles. The highest BCUT2D eigenvalue weighted by Gasteiger charge is 1.98. The smallest absolute Gasteiger partial charge is 0.242 e. The SMILES string of the molecule is C=CCNC(=O)CN=C(N)NCCc1ccccc1. The molecule has 19 heavy (non-hydrogen) atoms. The molecule has 0 bridgehead atoms. The van der Waals surface area contributed by atoms with Gasteiger partial charge in [-0.05, 0) is 12.0 Å². The van der Waals surface area contributed by atoms with Crippen LogP contribution in [0, 0.1) is 0 Å². The van der Waals surface area contributed by atoms with Gasteiger partial charge in [0.05, 0.1) is 0 Å². The third-order valence-electron chi connectivity index (χ3n) is 2.40. The zero-order valence-corrected chi connectivity index (χ0v) is 10.9. The van der Waals surface area contributed by atoms with E-state index in [2.05, 4.69) is 34.3 Å². The first-order valence-electron chi connectivity index (χ1n) is 6.17. The molecule has 102 valence electrons. The summed E-state index contributed by atoms with van der Waals surface area (Å²) in [5, 5.41) is 5.59. The molecule has 1 rings (SSSR count). The van der Waals surface area contributed by atoms with E-state index in [1.807, 2.05) is 18.2 Å². The van der Waals surface area contributed by atoms with E-state index in [1.54, 1.807) is 6.08 Å². The second kappa shape index (κ2) is 8.74. The zero-order chi connectivity index (χ0) is 13.9. The minimum Gasteiger partial charge on any atom is -0.370 e. The van der Waals surface area contributed by atoms with Crippen molar-refractivity contribution >= 4 is 11.9 Å². The number of carbonyl (C=O) groups excluding carboxylic acids is 1. The second-order valence-corrected chi connectivity index (χ2v) is 3.96. The maximum atomic E-state index is 11.3. The lowest BCUT2D eigenvalue weighted by molar-refractivity contribution is -0.119. The number of nitrogens with zero attached hydrogens (tertiary/aromatic N) is 1. The fourth-order valence-corrected chi connectivity index (χ4v) is 1.43. The molecule has 0 aliphatic rings. The first-order chi connectivity index (χ1) is 9.22. The molecule has 0 aliphatic carbocycles. The van der Waals surface area contributed by atoms with Crippen molar-refractivity contribution in [3.63, 3.8) is 0 Å². The lowest BCUT2D eigenvalue weighted by Crippen LogP contribution is -2.35. The topological polar surface area (TPSA) is 79.5 Å². The summed E-state index contributed by atoms with van der Waals surface area (Å²) in [6, 6.07) is 10.1. The molecule has 1 amide bonds.